The van der Waals surface area contributed by atoms with Gasteiger partial charge in [0.05, 0.1) is 6.10 Å². The van der Waals surface area contributed by atoms with Crippen LogP contribution in [0, 0.1) is 5.92 Å². The number of hydrogen-bond acceptors (Lipinski definition) is 2. The van der Waals surface area contributed by atoms with Crippen molar-refractivity contribution in [3.8, 4) is 0 Å². The largest absolute Gasteiger partial charge is 0.382 e. The maximum absolute atomic E-state index is 6.21. The summed E-state index contributed by atoms with van der Waals surface area (Å²) in [6, 6.07) is 0.350. The van der Waals surface area contributed by atoms with Gasteiger partial charge in [-0.1, -0.05) is 25.7 Å². The highest BCUT2D eigenvalue weighted by Gasteiger charge is 2.20. The highest BCUT2D eigenvalue weighted by atomic mass is 16.5. The van der Waals surface area contributed by atoms with Gasteiger partial charge < -0.3 is 10.5 Å². The van der Waals surface area contributed by atoms with Crippen LogP contribution in [0.3, 0.4) is 0 Å². The van der Waals surface area contributed by atoms with Crippen LogP contribution in [0.5, 0.6) is 0 Å². The Balaban J connectivity index is 2.30. The molecule has 0 aromatic heterocycles. The second-order valence-electron chi connectivity index (χ2n) is 4.70. The Labute approximate surface area is 88.2 Å². The summed E-state index contributed by atoms with van der Waals surface area (Å²) in [4.78, 5) is 0. The molecule has 0 spiro atoms. The predicted molar refractivity (Wildman–Crippen MR) is 60.3 cm³/mol. The highest BCUT2D eigenvalue weighted by Crippen LogP contribution is 2.26. The van der Waals surface area contributed by atoms with Crippen molar-refractivity contribution < 1.29 is 4.74 Å². The molecule has 0 radical (unpaired) electrons. The third-order valence-corrected chi connectivity index (χ3v) is 3.51. The molecule has 1 aliphatic carbocycles. The lowest BCUT2D eigenvalue weighted by atomic mass is 9.89. The first-order valence-electron chi connectivity index (χ1n) is 6.02. The predicted octanol–water partition coefficient (Wildman–Crippen LogP) is 2.71. The molecule has 0 aliphatic heterocycles. The summed E-state index contributed by atoms with van der Waals surface area (Å²) < 4.78 is 5.26. The summed E-state index contributed by atoms with van der Waals surface area (Å²) in [5.41, 5.74) is 6.21. The van der Waals surface area contributed by atoms with E-state index < -0.39 is 0 Å². The normalized spacial score (nSPS) is 24.2. The van der Waals surface area contributed by atoms with Crippen molar-refractivity contribution in [2.75, 3.05) is 7.11 Å². The molecule has 2 heteroatoms. The Morgan fingerprint density at radius 2 is 1.79 bits per heavy atom. The maximum atomic E-state index is 6.21. The van der Waals surface area contributed by atoms with Gasteiger partial charge in [-0.25, -0.2) is 0 Å². The summed E-state index contributed by atoms with van der Waals surface area (Å²) in [6.07, 6.45) is 9.55. The smallest absolute Gasteiger partial charge is 0.0558 e. The van der Waals surface area contributed by atoms with Crippen molar-refractivity contribution in [3.63, 3.8) is 0 Å². The van der Waals surface area contributed by atoms with Crippen molar-refractivity contribution in [3.05, 3.63) is 0 Å². The lowest BCUT2D eigenvalue weighted by molar-refractivity contribution is 0.0964. The second-order valence-corrected chi connectivity index (χ2v) is 4.70. The molecule has 1 fully saturated rings. The average Bonchev–Trinajstić information content (AvgIpc) is 2.45. The summed E-state index contributed by atoms with van der Waals surface area (Å²) in [5.74, 6) is 0.745. The van der Waals surface area contributed by atoms with Crippen LogP contribution >= 0.6 is 0 Å². The SMILES string of the molecule is COC(C)CC(N)C1CCCCCC1. The van der Waals surface area contributed by atoms with Gasteiger partial charge in [0.15, 0.2) is 0 Å². The minimum Gasteiger partial charge on any atom is -0.382 e. The number of ether oxygens (including phenoxy) is 1. The van der Waals surface area contributed by atoms with E-state index in [-0.39, 0.29) is 0 Å². The summed E-state index contributed by atoms with van der Waals surface area (Å²) in [7, 11) is 1.77. The topological polar surface area (TPSA) is 35.2 Å². The third kappa shape index (κ3) is 3.97. The Bertz CT molecular complexity index is 141. The second kappa shape index (κ2) is 6.41. The average molecular weight is 199 g/mol. The van der Waals surface area contributed by atoms with Gasteiger partial charge >= 0.3 is 0 Å². The van der Waals surface area contributed by atoms with E-state index in [4.69, 9.17) is 10.5 Å². The van der Waals surface area contributed by atoms with Gasteiger partial charge in [-0.3, -0.25) is 0 Å². The van der Waals surface area contributed by atoms with Gasteiger partial charge in [0.25, 0.3) is 0 Å². The molecule has 2 unspecified atom stereocenters. The van der Waals surface area contributed by atoms with E-state index >= 15 is 0 Å². The Morgan fingerprint density at radius 1 is 1.21 bits per heavy atom. The fourth-order valence-corrected chi connectivity index (χ4v) is 2.41. The van der Waals surface area contributed by atoms with Gasteiger partial charge in [-0.05, 0) is 32.1 Å². The number of nitrogens with two attached hydrogens (primary N) is 1. The molecular formula is C12H25NO. The standard InChI is InChI=1S/C12H25NO/c1-10(14-2)9-12(13)11-7-5-3-4-6-8-11/h10-12H,3-9,13H2,1-2H3. The van der Waals surface area contributed by atoms with E-state index in [2.05, 4.69) is 6.92 Å². The molecule has 0 heterocycles. The van der Waals surface area contributed by atoms with E-state index in [0.717, 1.165) is 12.3 Å². The van der Waals surface area contributed by atoms with Crippen LogP contribution in [-0.2, 0) is 4.74 Å². The Kier molecular flexibility index (Phi) is 5.49. The zero-order chi connectivity index (χ0) is 10.4. The molecule has 14 heavy (non-hydrogen) atoms. The molecule has 84 valence electrons. The van der Waals surface area contributed by atoms with E-state index in [9.17, 15) is 0 Å². The third-order valence-electron chi connectivity index (χ3n) is 3.51. The van der Waals surface area contributed by atoms with Crippen LogP contribution in [0.15, 0.2) is 0 Å². The van der Waals surface area contributed by atoms with E-state index in [1.807, 2.05) is 0 Å². The molecule has 1 rings (SSSR count). The van der Waals surface area contributed by atoms with Crippen molar-refractivity contribution in [1.29, 1.82) is 0 Å². The van der Waals surface area contributed by atoms with Crippen molar-refractivity contribution >= 4 is 0 Å². The molecular weight excluding hydrogens is 174 g/mol. The van der Waals surface area contributed by atoms with Crippen LogP contribution < -0.4 is 5.73 Å². The number of methoxy groups -OCH3 is 1. The molecule has 2 N–H and O–H groups in total. The van der Waals surface area contributed by atoms with E-state index in [1.54, 1.807) is 7.11 Å². The van der Waals surface area contributed by atoms with Crippen LogP contribution in [0.1, 0.15) is 51.9 Å². The molecule has 0 bridgehead atoms. The van der Waals surface area contributed by atoms with E-state index in [0.29, 0.717) is 12.1 Å². The van der Waals surface area contributed by atoms with Gasteiger partial charge in [-0.2, -0.15) is 0 Å². The zero-order valence-corrected chi connectivity index (χ0v) is 9.67. The molecule has 0 amide bonds. The Morgan fingerprint density at radius 3 is 2.29 bits per heavy atom. The lowest BCUT2D eigenvalue weighted by Gasteiger charge is -2.24. The molecule has 1 aliphatic rings. The van der Waals surface area contributed by atoms with Crippen LogP contribution in [0.25, 0.3) is 0 Å². The molecule has 1 saturated carbocycles. The summed E-state index contributed by atoms with van der Waals surface area (Å²) in [5, 5.41) is 0. The first-order valence-corrected chi connectivity index (χ1v) is 6.02. The van der Waals surface area contributed by atoms with Crippen molar-refractivity contribution in [1.82, 2.24) is 0 Å². The van der Waals surface area contributed by atoms with Crippen LogP contribution in [0.2, 0.25) is 0 Å². The number of rotatable bonds is 4. The minimum atomic E-state index is 0.313. The van der Waals surface area contributed by atoms with Gasteiger partial charge in [0, 0.05) is 13.2 Å². The minimum absolute atomic E-state index is 0.313. The highest BCUT2D eigenvalue weighted by molar-refractivity contribution is 4.77. The molecule has 0 aromatic rings. The number of hydrogen-bond donors (Lipinski definition) is 1. The van der Waals surface area contributed by atoms with Crippen molar-refractivity contribution in [2.24, 2.45) is 11.7 Å². The van der Waals surface area contributed by atoms with E-state index in [1.165, 1.54) is 38.5 Å². The van der Waals surface area contributed by atoms with Crippen LogP contribution in [-0.4, -0.2) is 19.3 Å². The van der Waals surface area contributed by atoms with Gasteiger partial charge in [-0.15, -0.1) is 0 Å². The van der Waals surface area contributed by atoms with Crippen LogP contribution in [0.4, 0.5) is 0 Å². The molecule has 2 nitrogen and oxygen atoms in total. The zero-order valence-electron chi connectivity index (χ0n) is 9.67. The quantitative estimate of drug-likeness (QED) is 0.707. The van der Waals surface area contributed by atoms with Gasteiger partial charge in [0.1, 0.15) is 0 Å². The molecule has 0 saturated heterocycles. The van der Waals surface area contributed by atoms with Gasteiger partial charge in [0.2, 0.25) is 0 Å². The lowest BCUT2D eigenvalue weighted by Crippen LogP contribution is -2.33. The first-order chi connectivity index (χ1) is 6.74. The molecule has 0 aromatic carbocycles. The Hall–Kier alpha value is -0.0800. The summed E-state index contributed by atoms with van der Waals surface area (Å²) in [6.45, 7) is 2.11. The maximum Gasteiger partial charge on any atom is 0.0558 e. The fraction of sp³-hybridized carbons (Fsp3) is 1.00. The van der Waals surface area contributed by atoms with Crippen molar-refractivity contribution in [2.45, 2.75) is 64.0 Å². The fourth-order valence-electron chi connectivity index (χ4n) is 2.41. The summed E-state index contributed by atoms with van der Waals surface area (Å²) >= 11 is 0. The molecule has 2 atom stereocenters. The first kappa shape index (κ1) is 12.0. The monoisotopic (exact) mass is 199 g/mol.